The molecule has 0 saturated carbocycles. The topological polar surface area (TPSA) is 192 Å². The third-order valence-corrected chi connectivity index (χ3v) is 12.5. The van der Waals surface area contributed by atoms with E-state index in [0.29, 0.717) is 12.8 Å². The maximum absolute atomic E-state index is 13.1. The van der Waals surface area contributed by atoms with Crippen molar-refractivity contribution in [1.82, 2.24) is 5.32 Å². The SMILES string of the molecule is CCCCCCCCCCCC/C=C\CCCCCCCCCC(=O)NC(COC1OC(CO)C(O)C(OS(=O)(=O)O)C1O)C(O)CCCCCCCCCCCCCCC. The van der Waals surface area contributed by atoms with Crippen molar-refractivity contribution in [2.75, 3.05) is 13.2 Å². The van der Waals surface area contributed by atoms with Crippen molar-refractivity contribution in [2.45, 2.75) is 275 Å². The first-order valence-corrected chi connectivity index (χ1v) is 26.4. The van der Waals surface area contributed by atoms with Gasteiger partial charge in [-0.25, -0.2) is 4.18 Å². The summed E-state index contributed by atoms with van der Waals surface area (Å²) in [6.07, 6.45) is 35.0. The first-order chi connectivity index (χ1) is 29.5. The predicted octanol–water partition coefficient (Wildman–Crippen LogP) is 10.3. The van der Waals surface area contributed by atoms with Crippen LogP contribution in [0.4, 0.5) is 0 Å². The van der Waals surface area contributed by atoms with E-state index < -0.39 is 59.9 Å². The molecule has 1 aliphatic heterocycles. The summed E-state index contributed by atoms with van der Waals surface area (Å²) >= 11 is 0. The van der Waals surface area contributed by atoms with Crippen molar-refractivity contribution < 1.29 is 51.8 Å². The molecule has 12 nitrogen and oxygen atoms in total. The van der Waals surface area contributed by atoms with Crippen LogP contribution in [0.1, 0.15) is 232 Å². The Kier molecular flexibility index (Phi) is 37.2. The Labute approximate surface area is 372 Å². The zero-order valence-corrected chi connectivity index (χ0v) is 39.6. The number of allylic oxidation sites excluding steroid dienone is 2. The lowest BCUT2D eigenvalue weighted by Crippen LogP contribution is -2.61. The van der Waals surface area contributed by atoms with Crippen LogP contribution in [0.2, 0.25) is 0 Å². The van der Waals surface area contributed by atoms with Crippen LogP contribution >= 0.6 is 0 Å². The number of nitrogens with one attached hydrogen (secondary N) is 1. The first-order valence-electron chi connectivity index (χ1n) is 25.1. The van der Waals surface area contributed by atoms with Gasteiger partial charge in [0.05, 0.1) is 25.4 Å². The number of amides is 1. The molecule has 0 bridgehead atoms. The lowest BCUT2D eigenvalue weighted by molar-refractivity contribution is -0.298. The number of aliphatic hydroxyl groups excluding tert-OH is 4. The monoisotopic (exact) mass is 892 g/mol. The second-order valence-corrected chi connectivity index (χ2v) is 18.8. The lowest BCUT2D eigenvalue weighted by Gasteiger charge is -2.41. The van der Waals surface area contributed by atoms with Gasteiger partial charge in [0.15, 0.2) is 6.29 Å². The zero-order chi connectivity index (χ0) is 44.8. The summed E-state index contributed by atoms with van der Waals surface area (Å²) in [4.78, 5) is 13.1. The van der Waals surface area contributed by atoms with Crippen molar-refractivity contribution in [3.8, 4) is 0 Å². The third-order valence-electron chi connectivity index (χ3n) is 12.1. The number of hydrogen-bond acceptors (Lipinski definition) is 10. The second-order valence-electron chi connectivity index (χ2n) is 17.8. The molecular formula is C48H93NO11S. The first kappa shape index (κ1) is 57.9. The maximum Gasteiger partial charge on any atom is 0.397 e. The Hall–Kier alpha value is -1.16. The van der Waals surface area contributed by atoms with Crippen molar-refractivity contribution in [3.05, 3.63) is 12.2 Å². The fourth-order valence-electron chi connectivity index (χ4n) is 8.16. The molecule has 1 fully saturated rings. The summed E-state index contributed by atoms with van der Waals surface area (Å²) in [5.41, 5.74) is 0. The van der Waals surface area contributed by atoms with Crippen LogP contribution in [-0.2, 0) is 28.9 Å². The number of aliphatic hydroxyl groups is 4. The van der Waals surface area contributed by atoms with E-state index in [1.165, 1.54) is 148 Å². The van der Waals surface area contributed by atoms with E-state index in [2.05, 4.69) is 35.5 Å². The van der Waals surface area contributed by atoms with E-state index in [4.69, 9.17) is 9.47 Å². The fraction of sp³-hybridized carbons (Fsp3) is 0.938. The average molecular weight is 892 g/mol. The van der Waals surface area contributed by atoms with Crippen LogP contribution in [0.25, 0.3) is 0 Å². The van der Waals surface area contributed by atoms with Crippen LogP contribution in [0.5, 0.6) is 0 Å². The smallest absolute Gasteiger partial charge is 0.394 e. The molecule has 0 aromatic rings. The highest BCUT2D eigenvalue weighted by Crippen LogP contribution is 2.26. The van der Waals surface area contributed by atoms with E-state index in [1.807, 2.05) is 0 Å². The van der Waals surface area contributed by atoms with Crippen molar-refractivity contribution >= 4 is 16.3 Å². The number of unbranched alkanes of at least 4 members (excludes halogenated alkanes) is 29. The van der Waals surface area contributed by atoms with Crippen LogP contribution in [0.3, 0.4) is 0 Å². The Morgan fingerprint density at radius 2 is 1.05 bits per heavy atom. The van der Waals surface area contributed by atoms with E-state index >= 15 is 0 Å². The number of ether oxygens (including phenoxy) is 2. The minimum absolute atomic E-state index is 0.232. The van der Waals surface area contributed by atoms with Crippen LogP contribution in [0.15, 0.2) is 12.2 Å². The second kappa shape index (κ2) is 39.2. The van der Waals surface area contributed by atoms with Crippen molar-refractivity contribution in [2.24, 2.45) is 0 Å². The van der Waals surface area contributed by atoms with E-state index in [-0.39, 0.29) is 18.9 Å². The molecule has 362 valence electrons. The average Bonchev–Trinajstić information content (AvgIpc) is 3.23. The molecule has 1 saturated heterocycles. The molecule has 13 heteroatoms. The number of hydrogen-bond donors (Lipinski definition) is 6. The lowest BCUT2D eigenvalue weighted by atomic mass is 9.99. The Morgan fingerprint density at radius 1 is 0.639 bits per heavy atom. The largest absolute Gasteiger partial charge is 0.397 e. The molecule has 7 unspecified atom stereocenters. The molecule has 0 aromatic heterocycles. The molecule has 61 heavy (non-hydrogen) atoms. The fourth-order valence-corrected chi connectivity index (χ4v) is 8.67. The molecule has 1 aliphatic rings. The zero-order valence-electron chi connectivity index (χ0n) is 38.7. The van der Waals surface area contributed by atoms with Crippen LogP contribution < -0.4 is 5.32 Å². The van der Waals surface area contributed by atoms with E-state index in [1.54, 1.807) is 0 Å². The normalized spacial score (nSPS) is 20.7. The van der Waals surface area contributed by atoms with E-state index in [0.717, 1.165) is 51.4 Å². The summed E-state index contributed by atoms with van der Waals surface area (Å²) in [5, 5.41) is 44.9. The summed E-state index contributed by atoms with van der Waals surface area (Å²) in [6, 6.07) is -0.857. The van der Waals surface area contributed by atoms with Gasteiger partial charge in [-0.05, 0) is 38.5 Å². The molecule has 7 atom stereocenters. The predicted molar refractivity (Wildman–Crippen MR) is 246 cm³/mol. The van der Waals surface area contributed by atoms with Crippen LogP contribution in [-0.4, -0.2) is 95.4 Å². The maximum atomic E-state index is 13.1. The number of carbonyl (C=O) groups is 1. The quantitative estimate of drug-likeness (QED) is 0.0194. The van der Waals surface area contributed by atoms with Gasteiger partial charge in [0.25, 0.3) is 0 Å². The minimum atomic E-state index is -5.07. The molecule has 6 N–H and O–H groups in total. The van der Waals surface area contributed by atoms with Gasteiger partial charge < -0.3 is 35.2 Å². The van der Waals surface area contributed by atoms with Crippen LogP contribution in [0, 0.1) is 0 Å². The van der Waals surface area contributed by atoms with Gasteiger partial charge >= 0.3 is 10.4 Å². The van der Waals surface area contributed by atoms with Gasteiger partial charge in [-0.2, -0.15) is 8.42 Å². The van der Waals surface area contributed by atoms with Crippen molar-refractivity contribution in [3.63, 3.8) is 0 Å². The molecule has 1 rings (SSSR count). The highest BCUT2D eigenvalue weighted by atomic mass is 32.3. The third kappa shape index (κ3) is 32.2. The van der Waals surface area contributed by atoms with Gasteiger partial charge in [-0.1, -0.05) is 199 Å². The van der Waals surface area contributed by atoms with Gasteiger partial charge in [0, 0.05) is 6.42 Å². The Morgan fingerprint density at radius 3 is 1.48 bits per heavy atom. The highest BCUT2D eigenvalue weighted by molar-refractivity contribution is 7.80. The molecule has 1 amide bonds. The van der Waals surface area contributed by atoms with E-state index in [9.17, 15) is 38.2 Å². The summed E-state index contributed by atoms with van der Waals surface area (Å²) in [5.74, 6) is -0.232. The number of carbonyl (C=O) groups excluding carboxylic acids is 1. The summed E-state index contributed by atoms with van der Waals surface area (Å²) in [6.45, 7) is 3.46. The molecule has 0 aromatic carbocycles. The van der Waals surface area contributed by atoms with Crippen molar-refractivity contribution in [1.29, 1.82) is 0 Å². The standard InChI is InChI=1S/C48H93NO11S/c1-3-5-7-9-11-13-15-17-18-19-20-21-22-23-24-26-28-30-32-34-36-38-44(52)49-41(42(51)37-35-33-31-29-27-25-16-14-12-10-8-6-4-2)40-58-48-46(54)47(60-61(55,56)57)45(53)43(39-50)59-48/h21-22,41-43,45-48,50-51,53-54H,3-20,23-40H2,1-2H3,(H,49,52)(H,55,56,57)/b22-21-. The van der Waals surface area contributed by atoms with Gasteiger partial charge in [0.1, 0.15) is 24.4 Å². The Balaban J connectivity index is 2.42. The summed E-state index contributed by atoms with van der Waals surface area (Å²) in [7, 11) is -5.07. The molecule has 0 spiro atoms. The highest BCUT2D eigenvalue weighted by Gasteiger charge is 2.48. The minimum Gasteiger partial charge on any atom is -0.394 e. The molecular weight excluding hydrogens is 799 g/mol. The van der Waals surface area contributed by atoms with Gasteiger partial charge in [0.2, 0.25) is 5.91 Å². The Bertz CT molecular complexity index is 1140. The molecule has 1 heterocycles. The van der Waals surface area contributed by atoms with Gasteiger partial charge in [-0.3, -0.25) is 9.35 Å². The molecule has 0 radical (unpaired) electrons. The van der Waals surface area contributed by atoms with Gasteiger partial charge in [-0.15, -0.1) is 0 Å². The number of rotatable bonds is 43. The molecule has 0 aliphatic carbocycles. The summed E-state index contributed by atoms with van der Waals surface area (Å²) < 4.78 is 47.7.